The van der Waals surface area contributed by atoms with Crippen LogP contribution in [0.25, 0.3) is 0 Å². The molecule has 2 nitrogen and oxygen atoms in total. The number of hydrogen-bond acceptors (Lipinski definition) is 2. The smallest absolute Gasteiger partial charge is 0.0361 e. The minimum atomic E-state index is 0.800. The molecule has 1 aromatic rings. The first-order valence-corrected chi connectivity index (χ1v) is 5.64. The highest BCUT2D eigenvalue weighted by molar-refractivity contribution is 5.47. The van der Waals surface area contributed by atoms with Crippen LogP contribution < -0.4 is 10.2 Å². The zero-order chi connectivity index (χ0) is 10.8. The predicted molar refractivity (Wildman–Crippen MR) is 65.5 cm³/mol. The Balaban J connectivity index is 2.00. The quantitative estimate of drug-likeness (QED) is 0.807. The molecule has 1 N–H and O–H groups in total. The predicted octanol–water partition coefficient (Wildman–Crippen LogP) is 2.08. The lowest BCUT2D eigenvalue weighted by atomic mass is 10.1. The van der Waals surface area contributed by atoms with Gasteiger partial charge in [0.05, 0.1) is 0 Å². The molecule has 2 atom stereocenters. The molecule has 15 heavy (non-hydrogen) atoms. The molecule has 1 aliphatic rings. The standard InChI is InChI=1S/C13H20N2/c1-14-9-11-8-13(11)10-4-6-12(7-5-10)15(2)3/h4-7,11,13-14H,8-9H2,1-3H3/t11-,13+/m0/s1. The van der Waals surface area contributed by atoms with Gasteiger partial charge in [-0.05, 0) is 49.5 Å². The largest absolute Gasteiger partial charge is 0.378 e. The van der Waals surface area contributed by atoms with Gasteiger partial charge in [-0.15, -0.1) is 0 Å². The van der Waals surface area contributed by atoms with Crippen LogP contribution in [-0.2, 0) is 0 Å². The molecule has 1 aromatic carbocycles. The summed E-state index contributed by atoms with van der Waals surface area (Å²) in [5.41, 5.74) is 2.78. The molecule has 0 radical (unpaired) electrons. The van der Waals surface area contributed by atoms with Crippen molar-refractivity contribution >= 4 is 5.69 Å². The van der Waals surface area contributed by atoms with Gasteiger partial charge in [0, 0.05) is 19.8 Å². The van der Waals surface area contributed by atoms with Crippen molar-refractivity contribution in [2.45, 2.75) is 12.3 Å². The molecule has 0 amide bonds. The van der Waals surface area contributed by atoms with Crippen LogP contribution in [0.2, 0.25) is 0 Å². The van der Waals surface area contributed by atoms with E-state index in [9.17, 15) is 0 Å². The summed E-state index contributed by atoms with van der Waals surface area (Å²) in [6, 6.07) is 8.97. The molecule has 2 heteroatoms. The highest BCUT2D eigenvalue weighted by atomic mass is 15.1. The van der Waals surface area contributed by atoms with Crippen LogP contribution >= 0.6 is 0 Å². The van der Waals surface area contributed by atoms with Gasteiger partial charge in [0.15, 0.2) is 0 Å². The van der Waals surface area contributed by atoms with E-state index in [1.807, 2.05) is 7.05 Å². The topological polar surface area (TPSA) is 15.3 Å². The Bertz CT molecular complexity index is 316. The average molecular weight is 204 g/mol. The summed E-state index contributed by atoms with van der Waals surface area (Å²) in [6.45, 7) is 1.15. The number of nitrogens with one attached hydrogen (secondary N) is 1. The van der Waals surface area contributed by atoms with Gasteiger partial charge in [0.1, 0.15) is 0 Å². The molecule has 1 saturated carbocycles. The highest BCUT2D eigenvalue weighted by Crippen LogP contribution is 2.47. The van der Waals surface area contributed by atoms with Gasteiger partial charge in [-0.3, -0.25) is 0 Å². The third-order valence-electron chi connectivity index (χ3n) is 3.23. The third-order valence-corrected chi connectivity index (χ3v) is 3.23. The molecule has 1 aliphatic carbocycles. The van der Waals surface area contributed by atoms with E-state index in [0.29, 0.717) is 0 Å². The third kappa shape index (κ3) is 2.32. The van der Waals surface area contributed by atoms with Crippen molar-refractivity contribution in [3.63, 3.8) is 0 Å². The first kappa shape index (κ1) is 10.5. The summed E-state index contributed by atoms with van der Waals surface area (Å²) in [6.07, 6.45) is 1.35. The molecule has 0 spiro atoms. The van der Waals surface area contributed by atoms with Crippen molar-refractivity contribution in [1.82, 2.24) is 5.32 Å². The lowest BCUT2D eigenvalue weighted by Gasteiger charge is -2.12. The van der Waals surface area contributed by atoms with Crippen LogP contribution in [0, 0.1) is 5.92 Å². The fourth-order valence-corrected chi connectivity index (χ4v) is 2.16. The summed E-state index contributed by atoms with van der Waals surface area (Å²) in [7, 11) is 6.19. The Morgan fingerprint density at radius 3 is 2.47 bits per heavy atom. The number of rotatable bonds is 4. The van der Waals surface area contributed by atoms with E-state index >= 15 is 0 Å². The summed E-state index contributed by atoms with van der Waals surface area (Å²) in [5.74, 6) is 1.66. The van der Waals surface area contributed by atoms with Gasteiger partial charge in [0.25, 0.3) is 0 Å². The second kappa shape index (κ2) is 4.23. The van der Waals surface area contributed by atoms with Crippen molar-refractivity contribution in [1.29, 1.82) is 0 Å². The first-order valence-electron chi connectivity index (χ1n) is 5.64. The first-order chi connectivity index (χ1) is 7.22. The van der Waals surface area contributed by atoms with Crippen LogP contribution in [0.1, 0.15) is 17.9 Å². The van der Waals surface area contributed by atoms with Crippen molar-refractivity contribution in [2.24, 2.45) is 5.92 Å². The summed E-state index contributed by atoms with van der Waals surface area (Å²) < 4.78 is 0. The Labute approximate surface area is 92.3 Å². The van der Waals surface area contributed by atoms with Crippen LogP contribution in [0.4, 0.5) is 5.69 Å². The number of nitrogens with zero attached hydrogens (tertiary/aromatic N) is 1. The SMILES string of the molecule is CNC[C@@H]1C[C@@H]1c1ccc(N(C)C)cc1. The molecular weight excluding hydrogens is 184 g/mol. The number of anilines is 1. The monoisotopic (exact) mass is 204 g/mol. The minimum absolute atomic E-state index is 0.800. The van der Waals surface area contributed by atoms with Crippen LogP contribution in [0.3, 0.4) is 0 Å². The van der Waals surface area contributed by atoms with E-state index in [1.54, 1.807) is 0 Å². The van der Waals surface area contributed by atoms with Crippen LogP contribution in [-0.4, -0.2) is 27.7 Å². The summed E-state index contributed by atoms with van der Waals surface area (Å²) in [5, 5.41) is 3.25. The van der Waals surface area contributed by atoms with Gasteiger partial charge in [-0.25, -0.2) is 0 Å². The van der Waals surface area contributed by atoms with Crippen molar-refractivity contribution < 1.29 is 0 Å². The summed E-state index contributed by atoms with van der Waals surface area (Å²) >= 11 is 0. The maximum atomic E-state index is 3.25. The maximum Gasteiger partial charge on any atom is 0.0361 e. The molecule has 1 fully saturated rings. The van der Waals surface area contributed by atoms with Crippen LogP contribution in [0.15, 0.2) is 24.3 Å². The van der Waals surface area contributed by atoms with E-state index in [0.717, 1.165) is 18.4 Å². The molecule has 82 valence electrons. The van der Waals surface area contributed by atoms with E-state index in [1.165, 1.54) is 17.7 Å². The molecule has 0 aliphatic heterocycles. The van der Waals surface area contributed by atoms with Gasteiger partial charge < -0.3 is 10.2 Å². The van der Waals surface area contributed by atoms with Crippen LogP contribution in [0.5, 0.6) is 0 Å². The molecular formula is C13H20N2. The van der Waals surface area contributed by atoms with E-state index < -0.39 is 0 Å². The lowest BCUT2D eigenvalue weighted by Crippen LogP contribution is -2.10. The molecule has 0 heterocycles. The Morgan fingerprint density at radius 2 is 1.93 bits per heavy atom. The molecule has 0 bridgehead atoms. The number of benzene rings is 1. The molecule has 0 aromatic heterocycles. The fraction of sp³-hybridized carbons (Fsp3) is 0.538. The van der Waals surface area contributed by atoms with E-state index in [4.69, 9.17) is 0 Å². The minimum Gasteiger partial charge on any atom is -0.378 e. The van der Waals surface area contributed by atoms with Gasteiger partial charge >= 0.3 is 0 Å². The van der Waals surface area contributed by atoms with Crippen molar-refractivity contribution in [3.8, 4) is 0 Å². The van der Waals surface area contributed by atoms with Crippen molar-refractivity contribution in [2.75, 3.05) is 32.6 Å². The molecule has 0 saturated heterocycles. The maximum absolute atomic E-state index is 3.25. The Morgan fingerprint density at radius 1 is 1.27 bits per heavy atom. The number of hydrogen-bond donors (Lipinski definition) is 1. The van der Waals surface area contributed by atoms with Crippen molar-refractivity contribution in [3.05, 3.63) is 29.8 Å². The Hall–Kier alpha value is -1.02. The second-order valence-electron chi connectivity index (χ2n) is 4.65. The second-order valence-corrected chi connectivity index (χ2v) is 4.65. The molecule has 0 unspecified atom stereocenters. The zero-order valence-corrected chi connectivity index (χ0v) is 9.83. The van der Waals surface area contributed by atoms with Gasteiger partial charge in [-0.1, -0.05) is 12.1 Å². The zero-order valence-electron chi connectivity index (χ0n) is 9.83. The van der Waals surface area contributed by atoms with E-state index in [2.05, 4.69) is 48.6 Å². The van der Waals surface area contributed by atoms with Gasteiger partial charge in [0.2, 0.25) is 0 Å². The molecule has 2 rings (SSSR count). The highest BCUT2D eigenvalue weighted by Gasteiger charge is 2.37. The Kier molecular flexibility index (Phi) is 2.96. The average Bonchev–Trinajstić information content (AvgIpc) is 2.98. The fourth-order valence-electron chi connectivity index (χ4n) is 2.16. The van der Waals surface area contributed by atoms with E-state index in [-0.39, 0.29) is 0 Å². The van der Waals surface area contributed by atoms with Gasteiger partial charge in [-0.2, -0.15) is 0 Å². The lowest BCUT2D eigenvalue weighted by molar-refractivity contribution is 0.698. The summed E-state index contributed by atoms with van der Waals surface area (Å²) in [4.78, 5) is 2.14. The normalized spacial score (nSPS) is 23.9.